The maximum Gasteiger partial charge on any atom is 0.230 e. The molecule has 20 heteroatoms. The van der Waals surface area contributed by atoms with E-state index in [2.05, 4.69) is 30.5 Å². The number of aryl methyl sites for hydroxylation is 2. The first kappa shape index (κ1) is 30.6. The summed E-state index contributed by atoms with van der Waals surface area (Å²) in [5, 5.41) is 20.9. The fraction of sp³-hybridized carbons (Fsp3) is 0.0952. The van der Waals surface area contributed by atoms with E-state index in [0.717, 1.165) is 24.3 Å². The van der Waals surface area contributed by atoms with Crippen molar-refractivity contribution in [2.75, 3.05) is 11.1 Å². The highest BCUT2D eigenvalue weighted by molar-refractivity contribution is 8.20. The maximum atomic E-state index is 10.6. The molecule has 0 saturated heterocycles. The second kappa shape index (κ2) is 10.8. The highest BCUT2D eigenvalue weighted by Gasteiger charge is 2.27. The smallest absolute Gasteiger partial charge is 0.230 e. The molecule has 4 aromatic rings. The summed E-state index contributed by atoms with van der Waals surface area (Å²) in [4.78, 5) is 10.6. The monoisotopic (exact) mass is 631 g/mol. The zero-order valence-electron chi connectivity index (χ0n) is 21.0. The molecule has 222 valence electrons. The Bertz CT molecular complexity index is 1670. The van der Waals surface area contributed by atoms with Gasteiger partial charge in [-0.3, -0.25) is 0 Å². The van der Waals surface area contributed by atoms with Crippen LogP contribution in [0.5, 0.6) is 5.75 Å². The number of nitrogens with zero attached hydrogens (tertiary/aromatic N) is 5. The number of nitrogens with one attached hydrogen (secondary N) is 1. The number of phenolic OH excluding ortho intramolecular Hbond substituents is 1. The molecule has 0 aliphatic rings. The van der Waals surface area contributed by atoms with Gasteiger partial charge in [0.05, 0.1) is 25.8 Å². The van der Waals surface area contributed by atoms with Crippen LogP contribution in [0.4, 0.5) is 28.7 Å². The van der Waals surface area contributed by atoms with Crippen LogP contribution in [0, 0.1) is 13.8 Å². The fourth-order valence-electron chi connectivity index (χ4n) is 3.75. The zero-order valence-corrected chi connectivity index (χ0v) is 23.4. The summed E-state index contributed by atoms with van der Waals surface area (Å²) >= 11 is 0. The lowest BCUT2D eigenvalue weighted by Crippen LogP contribution is -2.04. The third kappa shape index (κ3) is 6.75. The van der Waals surface area contributed by atoms with Gasteiger partial charge < -0.3 is 57.1 Å². The number of aromatic hydroxyl groups is 1. The van der Waals surface area contributed by atoms with E-state index in [9.17, 15) is 46.1 Å². The molecular formula is C21H25N7O10S3. The van der Waals surface area contributed by atoms with Crippen molar-refractivity contribution in [3.63, 3.8) is 0 Å². The van der Waals surface area contributed by atoms with Gasteiger partial charge in [-0.1, -0.05) is 0 Å². The number of azo groups is 1. The van der Waals surface area contributed by atoms with Gasteiger partial charge in [0.25, 0.3) is 0 Å². The Morgan fingerprint density at radius 2 is 1.34 bits per heavy atom. The van der Waals surface area contributed by atoms with Crippen molar-refractivity contribution in [2.24, 2.45) is 10.2 Å². The molecule has 0 aliphatic heterocycles. The Morgan fingerprint density at radius 1 is 0.732 bits per heavy atom. The second-order valence-electron chi connectivity index (χ2n) is 8.49. The molecule has 1 aromatic heterocycles. The van der Waals surface area contributed by atoms with Crippen LogP contribution in [0.3, 0.4) is 0 Å². The molecule has 0 saturated carbocycles. The SMILES string of the molecule is Cc1nc(C)nc(Nc2ccc(N=Nc3c(N)c(S(O)(O)O)cc4cc(S(O)(O)O)cc(O)c34)c(S(O)(O)O)c2)n1. The predicted octanol–water partition coefficient (Wildman–Crippen LogP) is 6.84. The first-order valence-corrected chi connectivity index (χ1v) is 15.5. The van der Waals surface area contributed by atoms with E-state index in [4.69, 9.17) is 5.73 Å². The van der Waals surface area contributed by atoms with Crippen LogP contribution in [0.15, 0.2) is 61.3 Å². The van der Waals surface area contributed by atoms with E-state index >= 15 is 0 Å². The average Bonchev–Trinajstić information content (AvgIpc) is 2.81. The summed E-state index contributed by atoms with van der Waals surface area (Å²) in [6.07, 6.45) is 0. The number of fused-ring (bicyclic) bond motifs is 1. The van der Waals surface area contributed by atoms with E-state index in [0.29, 0.717) is 11.6 Å². The molecule has 0 bridgehead atoms. The van der Waals surface area contributed by atoms with Crippen LogP contribution in [-0.4, -0.2) is 61.0 Å². The lowest BCUT2D eigenvalue weighted by Gasteiger charge is -2.24. The third-order valence-corrected chi connectivity index (χ3v) is 8.12. The molecule has 0 fully saturated rings. The van der Waals surface area contributed by atoms with Crippen molar-refractivity contribution in [2.45, 2.75) is 28.5 Å². The Morgan fingerprint density at radius 3 is 1.90 bits per heavy atom. The van der Waals surface area contributed by atoms with Crippen LogP contribution in [0.1, 0.15) is 11.6 Å². The summed E-state index contributed by atoms with van der Waals surface area (Å²) in [6, 6.07) is 6.47. The Labute approximate surface area is 236 Å². The van der Waals surface area contributed by atoms with Gasteiger partial charge in [-0.15, -0.1) is 10.2 Å². The number of rotatable bonds is 7. The molecule has 0 radical (unpaired) electrons. The number of hydrogen-bond donors (Lipinski definition) is 12. The number of nitrogen functional groups attached to an aromatic ring is 1. The normalized spacial score (nSPS) is 14.0. The average molecular weight is 632 g/mol. The van der Waals surface area contributed by atoms with Gasteiger partial charge in [-0.05, 0) is 55.6 Å². The summed E-state index contributed by atoms with van der Waals surface area (Å²) in [6.45, 7) is 3.29. The van der Waals surface area contributed by atoms with Gasteiger partial charge in [0.2, 0.25) is 5.95 Å². The van der Waals surface area contributed by atoms with Crippen LogP contribution in [0.25, 0.3) is 10.8 Å². The van der Waals surface area contributed by atoms with Gasteiger partial charge in [0, 0.05) is 5.69 Å². The first-order chi connectivity index (χ1) is 18.8. The van der Waals surface area contributed by atoms with E-state index < -0.39 is 64.4 Å². The van der Waals surface area contributed by atoms with Crippen LogP contribution in [0.2, 0.25) is 0 Å². The molecule has 0 spiro atoms. The van der Waals surface area contributed by atoms with Crippen molar-refractivity contribution in [3.8, 4) is 5.75 Å². The van der Waals surface area contributed by atoms with Gasteiger partial charge in [-0.25, -0.2) is 4.98 Å². The molecule has 4 rings (SSSR count). The van der Waals surface area contributed by atoms with Gasteiger partial charge in [0.15, 0.2) is 0 Å². The van der Waals surface area contributed by atoms with E-state index in [1.165, 1.54) is 12.1 Å². The minimum atomic E-state index is -4.49. The summed E-state index contributed by atoms with van der Waals surface area (Å²) in [5.41, 5.74) is 4.92. The minimum absolute atomic E-state index is 0.137. The largest absolute Gasteiger partial charge is 0.507 e. The summed E-state index contributed by atoms with van der Waals surface area (Å²) in [5.74, 6) is 0.284. The minimum Gasteiger partial charge on any atom is -0.507 e. The molecule has 1 heterocycles. The van der Waals surface area contributed by atoms with Gasteiger partial charge in [0.1, 0.15) is 61.4 Å². The van der Waals surface area contributed by atoms with E-state index in [1.54, 1.807) is 13.8 Å². The van der Waals surface area contributed by atoms with Gasteiger partial charge >= 0.3 is 0 Å². The molecule has 0 aliphatic carbocycles. The van der Waals surface area contributed by atoms with Crippen molar-refractivity contribution in [3.05, 3.63) is 48.0 Å². The lowest BCUT2D eigenvalue weighted by atomic mass is 10.1. The Balaban J connectivity index is 1.87. The summed E-state index contributed by atoms with van der Waals surface area (Å²) < 4.78 is 88.7. The number of benzene rings is 3. The quantitative estimate of drug-likeness (QED) is 0.0733. The molecular weight excluding hydrogens is 606 g/mol. The first-order valence-electron chi connectivity index (χ1n) is 11.0. The molecule has 13 N–H and O–H groups in total. The third-order valence-electron chi connectivity index (χ3n) is 5.40. The van der Waals surface area contributed by atoms with Crippen LogP contribution >= 0.6 is 32.6 Å². The number of hydrogen-bond acceptors (Lipinski definition) is 17. The molecule has 0 unspecified atom stereocenters. The molecule has 17 nitrogen and oxygen atoms in total. The van der Waals surface area contributed by atoms with Crippen molar-refractivity contribution in [1.29, 1.82) is 0 Å². The van der Waals surface area contributed by atoms with Crippen LogP contribution in [-0.2, 0) is 0 Å². The van der Waals surface area contributed by atoms with Gasteiger partial charge in [-0.2, -0.15) is 9.97 Å². The highest BCUT2D eigenvalue weighted by Crippen LogP contribution is 2.56. The fourth-order valence-corrected chi connectivity index (χ4v) is 5.66. The predicted molar refractivity (Wildman–Crippen MR) is 154 cm³/mol. The number of phenols is 1. The number of nitrogens with two attached hydrogens (primary N) is 1. The Hall–Kier alpha value is -3.38. The maximum absolute atomic E-state index is 10.6. The molecule has 0 amide bonds. The second-order valence-corrected chi connectivity index (χ2v) is 13.0. The van der Waals surface area contributed by atoms with Crippen molar-refractivity contribution in [1.82, 2.24) is 15.0 Å². The van der Waals surface area contributed by atoms with Crippen molar-refractivity contribution >= 4 is 72.1 Å². The standard InChI is InChI=1S/C21H25N7O10S3/c1-9-23-10(2)25-21(24-9)26-12-3-4-14(16(7-12)40(33,34)35)27-28-20-18-11(6-17(19(20)22)41(36,37)38)5-13(8-15(18)29)39(30,31)32/h3-8,29-38H,22H2,1-2H3,(H,23,24,25,26). The number of aromatic nitrogens is 3. The molecule has 0 atom stereocenters. The van der Waals surface area contributed by atoms with E-state index in [-0.39, 0.29) is 28.1 Å². The summed E-state index contributed by atoms with van der Waals surface area (Å²) in [7, 11) is -13.2. The molecule has 41 heavy (non-hydrogen) atoms. The lowest BCUT2D eigenvalue weighted by molar-refractivity contribution is 0.373. The molecule has 3 aromatic carbocycles. The zero-order chi connectivity index (χ0) is 30.5. The number of anilines is 3. The highest BCUT2D eigenvalue weighted by atomic mass is 32.3. The topological polar surface area (TPSA) is 304 Å². The van der Waals surface area contributed by atoms with E-state index in [1.807, 2.05) is 0 Å². The van der Waals surface area contributed by atoms with Crippen LogP contribution < -0.4 is 11.1 Å². The van der Waals surface area contributed by atoms with Crippen molar-refractivity contribution < 1.29 is 46.1 Å². The Kier molecular flexibility index (Phi) is 8.05.